The molecule has 2 atom stereocenters. The van der Waals surface area contributed by atoms with Gasteiger partial charge in [-0.15, -0.1) is 0 Å². The summed E-state index contributed by atoms with van der Waals surface area (Å²) in [4.78, 5) is 0.0959. The van der Waals surface area contributed by atoms with E-state index in [-0.39, 0.29) is 18.1 Å². The molecule has 4 rings (SSSR count). The third kappa shape index (κ3) is 6.82. The van der Waals surface area contributed by atoms with Gasteiger partial charge in [-0.2, -0.15) is 8.42 Å². The first kappa shape index (κ1) is 25.2. The van der Waals surface area contributed by atoms with Crippen LogP contribution in [0.1, 0.15) is 25.0 Å². The summed E-state index contributed by atoms with van der Waals surface area (Å²) in [5.41, 5.74) is 2.01. The smallest absolute Gasteiger partial charge is 0.297 e. The predicted octanol–water partition coefficient (Wildman–Crippen LogP) is 4.88. The molecular weight excluding hydrogens is 468 g/mol. The van der Waals surface area contributed by atoms with Crippen LogP contribution in [-0.4, -0.2) is 39.6 Å². The molecule has 0 aliphatic carbocycles. The molecule has 35 heavy (non-hydrogen) atoms. The van der Waals surface area contributed by atoms with Gasteiger partial charge in [0.1, 0.15) is 25.4 Å². The summed E-state index contributed by atoms with van der Waals surface area (Å²) in [6.07, 6.45) is -1.18. The Morgan fingerprint density at radius 1 is 0.771 bits per heavy atom. The van der Waals surface area contributed by atoms with Gasteiger partial charge in [-0.05, 0) is 50.6 Å². The first-order chi connectivity index (χ1) is 16.7. The number of benzene rings is 3. The van der Waals surface area contributed by atoms with Crippen LogP contribution in [0.15, 0.2) is 83.8 Å². The molecule has 0 bridgehead atoms. The molecule has 0 amide bonds. The molecule has 0 spiro atoms. The second kappa shape index (κ2) is 10.8. The van der Waals surface area contributed by atoms with E-state index in [1.165, 1.54) is 12.1 Å². The Bertz CT molecular complexity index is 1210. The highest BCUT2D eigenvalue weighted by molar-refractivity contribution is 7.86. The number of hydrogen-bond acceptors (Lipinski definition) is 7. The summed E-state index contributed by atoms with van der Waals surface area (Å²) in [5.74, 6) is 0.256. The Hall–Kier alpha value is -2.91. The quantitative estimate of drug-likeness (QED) is 0.369. The summed E-state index contributed by atoms with van der Waals surface area (Å²) in [6.45, 7) is 5.77. The van der Waals surface area contributed by atoms with E-state index in [9.17, 15) is 8.42 Å². The SMILES string of the molecule is Cc1ccc(S(=O)(=O)OC[C@@H]2OC(C)(C)O[C@H]2COc2ccccc2OCc2ccccc2)cc1. The lowest BCUT2D eigenvalue weighted by molar-refractivity contribution is -0.150. The molecule has 1 saturated heterocycles. The van der Waals surface area contributed by atoms with Crippen molar-refractivity contribution in [2.45, 2.75) is 50.3 Å². The van der Waals surface area contributed by atoms with E-state index < -0.39 is 28.1 Å². The molecule has 3 aromatic carbocycles. The van der Waals surface area contributed by atoms with Crippen molar-refractivity contribution in [1.29, 1.82) is 0 Å². The molecule has 8 heteroatoms. The van der Waals surface area contributed by atoms with Crippen LogP contribution in [0.4, 0.5) is 0 Å². The van der Waals surface area contributed by atoms with E-state index in [1.807, 2.05) is 61.5 Å². The van der Waals surface area contributed by atoms with Crippen molar-refractivity contribution >= 4 is 10.1 Å². The molecule has 0 radical (unpaired) electrons. The first-order valence-corrected chi connectivity index (χ1v) is 12.8. The molecule has 1 fully saturated rings. The summed E-state index contributed by atoms with van der Waals surface area (Å²) in [6, 6.07) is 23.7. The normalized spacial score (nSPS) is 19.4. The van der Waals surface area contributed by atoms with Gasteiger partial charge < -0.3 is 18.9 Å². The Morgan fingerprint density at radius 2 is 1.34 bits per heavy atom. The third-order valence-electron chi connectivity index (χ3n) is 5.47. The van der Waals surface area contributed by atoms with Crippen LogP contribution in [-0.2, 0) is 30.4 Å². The number of rotatable bonds is 10. The van der Waals surface area contributed by atoms with Gasteiger partial charge in [-0.3, -0.25) is 4.18 Å². The van der Waals surface area contributed by atoms with E-state index in [2.05, 4.69) is 0 Å². The number of para-hydroxylation sites is 2. The van der Waals surface area contributed by atoms with Gasteiger partial charge in [-0.1, -0.05) is 60.2 Å². The van der Waals surface area contributed by atoms with Gasteiger partial charge >= 0.3 is 0 Å². The fourth-order valence-electron chi connectivity index (χ4n) is 3.72. The molecule has 1 aliphatic rings. The van der Waals surface area contributed by atoms with E-state index in [0.717, 1.165) is 11.1 Å². The van der Waals surface area contributed by atoms with Gasteiger partial charge in [0, 0.05) is 0 Å². The van der Waals surface area contributed by atoms with Crippen LogP contribution in [0.25, 0.3) is 0 Å². The van der Waals surface area contributed by atoms with Crippen molar-refractivity contribution in [3.63, 3.8) is 0 Å². The lowest BCUT2D eigenvalue weighted by atomic mass is 10.2. The maximum atomic E-state index is 12.6. The van der Waals surface area contributed by atoms with Gasteiger partial charge in [0.05, 0.1) is 11.5 Å². The average molecular weight is 499 g/mol. The molecule has 0 saturated carbocycles. The van der Waals surface area contributed by atoms with Crippen LogP contribution < -0.4 is 9.47 Å². The zero-order valence-electron chi connectivity index (χ0n) is 20.0. The minimum atomic E-state index is -3.93. The summed E-state index contributed by atoms with van der Waals surface area (Å²) >= 11 is 0. The van der Waals surface area contributed by atoms with Crippen molar-refractivity contribution in [3.8, 4) is 11.5 Å². The fraction of sp³-hybridized carbons (Fsp3) is 0.333. The second-order valence-electron chi connectivity index (χ2n) is 8.80. The lowest BCUT2D eigenvalue weighted by Gasteiger charge is -2.19. The topological polar surface area (TPSA) is 80.3 Å². The molecule has 1 heterocycles. The highest BCUT2D eigenvalue weighted by Gasteiger charge is 2.42. The molecule has 186 valence electrons. The van der Waals surface area contributed by atoms with Crippen molar-refractivity contribution in [2.24, 2.45) is 0 Å². The van der Waals surface area contributed by atoms with Crippen molar-refractivity contribution in [3.05, 3.63) is 90.0 Å². The van der Waals surface area contributed by atoms with E-state index in [1.54, 1.807) is 26.0 Å². The third-order valence-corrected chi connectivity index (χ3v) is 6.77. The van der Waals surface area contributed by atoms with Crippen LogP contribution in [0.3, 0.4) is 0 Å². The number of hydrogen-bond donors (Lipinski definition) is 0. The average Bonchev–Trinajstić information content (AvgIpc) is 3.15. The van der Waals surface area contributed by atoms with Crippen molar-refractivity contribution in [1.82, 2.24) is 0 Å². The van der Waals surface area contributed by atoms with Crippen LogP contribution >= 0.6 is 0 Å². The van der Waals surface area contributed by atoms with Gasteiger partial charge in [-0.25, -0.2) is 0 Å². The first-order valence-electron chi connectivity index (χ1n) is 11.4. The zero-order valence-corrected chi connectivity index (χ0v) is 20.9. The molecule has 1 aliphatic heterocycles. The van der Waals surface area contributed by atoms with Crippen LogP contribution in [0.5, 0.6) is 11.5 Å². The van der Waals surface area contributed by atoms with Crippen molar-refractivity contribution in [2.75, 3.05) is 13.2 Å². The molecule has 0 aromatic heterocycles. The lowest BCUT2D eigenvalue weighted by Crippen LogP contribution is -2.33. The minimum absolute atomic E-state index is 0.0959. The molecular formula is C27H30O7S. The highest BCUT2D eigenvalue weighted by atomic mass is 32.2. The highest BCUT2D eigenvalue weighted by Crippen LogP contribution is 2.32. The monoisotopic (exact) mass is 498 g/mol. The second-order valence-corrected chi connectivity index (χ2v) is 10.4. The Morgan fingerprint density at radius 3 is 2.00 bits per heavy atom. The van der Waals surface area contributed by atoms with E-state index in [0.29, 0.717) is 18.1 Å². The molecule has 0 N–H and O–H groups in total. The van der Waals surface area contributed by atoms with Gasteiger partial charge in [0.25, 0.3) is 10.1 Å². The van der Waals surface area contributed by atoms with Crippen LogP contribution in [0.2, 0.25) is 0 Å². The van der Waals surface area contributed by atoms with Crippen LogP contribution in [0, 0.1) is 6.92 Å². The standard InChI is InChI=1S/C27H30O7S/c1-20-13-15-22(16-14-20)35(28,29)32-19-26-25(33-27(2,3)34-26)18-31-24-12-8-7-11-23(24)30-17-21-9-5-4-6-10-21/h4-16,25-26H,17-19H2,1-3H3/t25-,26-/m0/s1. The Balaban J connectivity index is 1.38. The largest absolute Gasteiger partial charge is 0.487 e. The molecule has 3 aromatic rings. The summed E-state index contributed by atoms with van der Waals surface area (Å²) in [7, 11) is -3.93. The summed E-state index contributed by atoms with van der Waals surface area (Å²) in [5, 5.41) is 0. The zero-order chi connectivity index (χ0) is 24.9. The van der Waals surface area contributed by atoms with Crippen molar-refractivity contribution < 1.29 is 31.5 Å². The van der Waals surface area contributed by atoms with E-state index >= 15 is 0 Å². The molecule has 7 nitrogen and oxygen atoms in total. The van der Waals surface area contributed by atoms with Gasteiger partial charge in [0.15, 0.2) is 17.3 Å². The Labute approximate surface area is 206 Å². The Kier molecular flexibility index (Phi) is 7.76. The fourth-order valence-corrected chi connectivity index (χ4v) is 4.64. The maximum Gasteiger partial charge on any atom is 0.297 e. The molecule has 0 unspecified atom stereocenters. The maximum absolute atomic E-state index is 12.6. The predicted molar refractivity (Wildman–Crippen MR) is 131 cm³/mol. The van der Waals surface area contributed by atoms with E-state index in [4.69, 9.17) is 23.1 Å². The number of ether oxygens (including phenoxy) is 4. The number of aryl methyl sites for hydroxylation is 1. The van der Waals surface area contributed by atoms with Gasteiger partial charge in [0.2, 0.25) is 0 Å². The summed E-state index contributed by atoms with van der Waals surface area (Å²) < 4.78 is 54.4. The minimum Gasteiger partial charge on any atom is -0.487 e.